The van der Waals surface area contributed by atoms with E-state index in [1.54, 1.807) is 7.11 Å². The second-order valence-electron chi connectivity index (χ2n) is 2.68. The molecule has 0 spiro atoms. The first-order valence-electron chi connectivity index (χ1n) is 4.70. The molecule has 0 aromatic carbocycles. The van der Waals surface area contributed by atoms with Crippen molar-refractivity contribution in [3.8, 4) is 0 Å². The minimum Gasteiger partial charge on any atom is -0.477 e. The van der Waals surface area contributed by atoms with Crippen LogP contribution in [0.5, 0.6) is 0 Å². The van der Waals surface area contributed by atoms with Crippen LogP contribution in [0.4, 0.5) is 0 Å². The Labute approximate surface area is 98.9 Å². The van der Waals surface area contributed by atoms with E-state index in [4.69, 9.17) is 14.6 Å². The summed E-state index contributed by atoms with van der Waals surface area (Å²) in [6.07, 6.45) is 0. The number of carboxylic acids is 1. The Balaban J connectivity index is 3.49. The Hall–Kier alpha value is -0.790. The molecule has 16 heavy (non-hydrogen) atoms. The lowest BCUT2D eigenvalue weighted by atomic mass is 10.4. The zero-order valence-corrected chi connectivity index (χ0v) is 10.3. The lowest BCUT2D eigenvalue weighted by Crippen LogP contribution is -2.17. The molecule has 0 saturated carbocycles. The molecule has 0 heterocycles. The molecule has 0 amide bonds. The first-order chi connectivity index (χ1) is 7.72. The van der Waals surface area contributed by atoms with Crippen LogP contribution in [0, 0.1) is 0 Å². The van der Waals surface area contributed by atoms with Gasteiger partial charge >= 0.3 is 5.97 Å². The molecule has 0 saturated heterocycles. The molecule has 7 heteroatoms. The number of aliphatic carboxylic acids is 1. The highest BCUT2D eigenvalue weighted by Crippen LogP contribution is 2.01. The van der Waals surface area contributed by atoms with Crippen LogP contribution in [0.2, 0.25) is 0 Å². The van der Waals surface area contributed by atoms with Crippen LogP contribution in [0.15, 0.2) is 5.16 Å². The molecule has 6 nitrogen and oxygen atoms in total. The predicted octanol–water partition coefficient (Wildman–Crippen LogP) is 0.470. The van der Waals surface area contributed by atoms with Gasteiger partial charge in [-0.3, -0.25) is 0 Å². The maximum absolute atomic E-state index is 10.6. The molecule has 0 aliphatic heterocycles. The average Bonchev–Trinajstić information content (AvgIpc) is 2.26. The molecule has 0 aromatic rings. The SMILES string of the molecule is COCCOCCSCC(=NOC)C(=O)O. The first-order valence-corrected chi connectivity index (χ1v) is 5.85. The molecule has 0 aromatic heterocycles. The van der Waals surface area contributed by atoms with E-state index in [0.717, 1.165) is 0 Å². The number of carbonyl (C=O) groups is 1. The summed E-state index contributed by atoms with van der Waals surface area (Å²) in [4.78, 5) is 15.0. The van der Waals surface area contributed by atoms with Crippen LogP contribution >= 0.6 is 11.8 Å². The van der Waals surface area contributed by atoms with E-state index in [2.05, 4.69) is 9.99 Å². The Morgan fingerprint density at radius 3 is 2.62 bits per heavy atom. The molecule has 0 aliphatic carbocycles. The summed E-state index contributed by atoms with van der Waals surface area (Å²) in [5.41, 5.74) is 0.00407. The summed E-state index contributed by atoms with van der Waals surface area (Å²) in [6.45, 7) is 1.68. The summed E-state index contributed by atoms with van der Waals surface area (Å²) < 4.78 is 10.0. The lowest BCUT2D eigenvalue weighted by Gasteiger charge is -2.03. The number of thioether (sulfide) groups is 1. The fraction of sp³-hybridized carbons (Fsp3) is 0.778. The molecular weight excluding hydrogens is 234 g/mol. The predicted molar refractivity (Wildman–Crippen MR) is 62.1 cm³/mol. The van der Waals surface area contributed by atoms with Crippen molar-refractivity contribution in [3.05, 3.63) is 0 Å². The second-order valence-corrected chi connectivity index (χ2v) is 3.79. The highest BCUT2D eigenvalue weighted by Gasteiger charge is 2.09. The average molecular weight is 251 g/mol. The van der Waals surface area contributed by atoms with Gasteiger partial charge in [0.2, 0.25) is 0 Å². The normalized spacial score (nSPS) is 11.5. The van der Waals surface area contributed by atoms with Crippen LogP contribution in [0.25, 0.3) is 0 Å². The van der Waals surface area contributed by atoms with Crippen molar-refractivity contribution >= 4 is 23.4 Å². The highest BCUT2D eigenvalue weighted by molar-refractivity contribution is 8.00. The monoisotopic (exact) mass is 251 g/mol. The zero-order valence-electron chi connectivity index (χ0n) is 9.47. The van der Waals surface area contributed by atoms with E-state index in [1.807, 2.05) is 0 Å². The van der Waals surface area contributed by atoms with Gasteiger partial charge in [-0.15, -0.1) is 0 Å². The van der Waals surface area contributed by atoms with Crippen LogP contribution in [-0.2, 0) is 19.1 Å². The molecule has 0 radical (unpaired) electrons. The van der Waals surface area contributed by atoms with E-state index in [1.165, 1.54) is 18.9 Å². The van der Waals surface area contributed by atoms with E-state index >= 15 is 0 Å². The summed E-state index contributed by atoms with van der Waals surface area (Å²) >= 11 is 1.43. The van der Waals surface area contributed by atoms with Gasteiger partial charge in [0, 0.05) is 18.6 Å². The molecule has 0 aliphatic rings. The number of ether oxygens (including phenoxy) is 2. The van der Waals surface area contributed by atoms with Gasteiger partial charge in [0.15, 0.2) is 5.71 Å². The van der Waals surface area contributed by atoms with Gasteiger partial charge < -0.3 is 19.4 Å². The fourth-order valence-electron chi connectivity index (χ4n) is 0.768. The minimum absolute atomic E-state index is 0.00407. The van der Waals surface area contributed by atoms with Gasteiger partial charge in [0.05, 0.1) is 19.8 Å². The molecule has 0 bridgehead atoms. The molecule has 1 N–H and O–H groups in total. The lowest BCUT2D eigenvalue weighted by molar-refractivity contribution is -0.129. The van der Waals surface area contributed by atoms with Crippen molar-refractivity contribution in [1.82, 2.24) is 0 Å². The van der Waals surface area contributed by atoms with E-state index in [0.29, 0.717) is 31.3 Å². The van der Waals surface area contributed by atoms with Crippen molar-refractivity contribution < 1.29 is 24.2 Å². The van der Waals surface area contributed by atoms with Gasteiger partial charge in [0.1, 0.15) is 7.11 Å². The Bertz CT molecular complexity index is 222. The Morgan fingerprint density at radius 1 is 1.31 bits per heavy atom. The van der Waals surface area contributed by atoms with Crippen LogP contribution in [0.1, 0.15) is 0 Å². The van der Waals surface area contributed by atoms with Gasteiger partial charge in [-0.2, -0.15) is 11.8 Å². The van der Waals surface area contributed by atoms with Crippen molar-refractivity contribution in [2.75, 3.05) is 45.5 Å². The first kappa shape index (κ1) is 15.2. The van der Waals surface area contributed by atoms with Crippen molar-refractivity contribution in [2.45, 2.75) is 0 Å². The van der Waals surface area contributed by atoms with E-state index in [9.17, 15) is 4.79 Å². The number of hydrogen-bond donors (Lipinski definition) is 1. The van der Waals surface area contributed by atoms with Crippen LogP contribution < -0.4 is 0 Å². The summed E-state index contributed by atoms with van der Waals surface area (Å²) in [6, 6.07) is 0. The summed E-state index contributed by atoms with van der Waals surface area (Å²) in [5.74, 6) is -0.0501. The Morgan fingerprint density at radius 2 is 2.06 bits per heavy atom. The molecule has 0 rings (SSSR count). The minimum atomic E-state index is -1.06. The second kappa shape index (κ2) is 10.7. The topological polar surface area (TPSA) is 77.3 Å². The number of hydrogen-bond acceptors (Lipinski definition) is 6. The third kappa shape index (κ3) is 8.51. The molecule has 0 unspecified atom stereocenters. The van der Waals surface area contributed by atoms with Crippen molar-refractivity contribution in [2.24, 2.45) is 5.16 Å². The number of oxime groups is 1. The highest BCUT2D eigenvalue weighted by atomic mass is 32.2. The third-order valence-electron chi connectivity index (χ3n) is 1.49. The van der Waals surface area contributed by atoms with Gasteiger partial charge in [-0.05, 0) is 0 Å². The summed E-state index contributed by atoms with van der Waals surface area (Å²) in [5, 5.41) is 12.1. The van der Waals surface area contributed by atoms with Crippen LogP contribution in [-0.4, -0.2) is 62.3 Å². The quantitative estimate of drug-likeness (QED) is 0.345. The zero-order chi connectivity index (χ0) is 12.2. The van der Waals surface area contributed by atoms with Gasteiger partial charge in [-0.1, -0.05) is 5.16 Å². The fourth-order valence-corrected chi connectivity index (χ4v) is 1.52. The maximum atomic E-state index is 10.6. The standard InChI is InChI=1S/C9H17NO5S/c1-13-3-4-15-5-6-16-7-8(9(11)12)10-14-2/h3-7H2,1-2H3,(H,11,12). The Kier molecular flexibility index (Phi) is 10.2. The molecule has 0 atom stereocenters. The van der Waals surface area contributed by atoms with Crippen molar-refractivity contribution in [1.29, 1.82) is 0 Å². The number of methoxy groups -OCH3 is 1. The molecule has 94 valence electrons. The van der Waals surface area contributed by atoms with Crippen LogP contribution in [0.3, 0.4) is 0 Å². The summed E-state index contributed by atoms with van der Waals surface area (Å²) in [7, 11) is 2.93. The largest absolute Gasteiger partial charge is 0.477 e. The van der Waals surface area contributed by atoms with E-state index in [-0.39, 0.29) is 5.71 Å². The smallest absolute Gasteiger partial charge is 0.354 e. The van der Waals surface area contributed by atoms with Gasteiger partial charge in [0.25, 0.3) is 0 Å². The number of carboxylic acid groups (broad SMARTS) is 1. The maximum Gasteiger partial charge on any atom is 0.354 e. The van der Waals surface area contributed by atoms with E-state index < -0.39 is 5.97 Å². The molecule has 0 fully saturated rings. The van der Waals surface area contributed by atoms with Crippen molar-refractivity contribution in [3.63, 3.8) is 0 Å². The number of nitrogens with zero attached hydrogens (tertiary/aromatic N) is 1. The molecular formula is C9H17NO5S. The van der Waals surface area contributed by atoms with Gasteiger partial charge in [-0.25, -0.2) is 4.79 Å². The third-order valence-corrected chi connectivity index (χ3v) is 2.42. The number of rotatable bonds is 10.